The summed E-state index contributed by atoms with van der Waals surface area (Å²) in [6, 6.07) is 13.4. The fourth-order valence-electron chi connectivity index (χ4n) is 2.72. The van der Waals surface area contributed by atoms with E-state index in [9.17, 15) is 14.4 Å². The van der Waals surface area contributed by atoms with E-state index in [1.54, 1.807) is 37.4 Å². The molecule has 3 rings (SSSR count). The first kappa shape index (κ1) is 20.1. The number of carbonyl (C=O) groups is 2. The van der Waals surface area contributed by atoms with Crippen LogP contribution in [0.4, 0.5) is 0 Å². The van der Waals surface area contributed by atoms with Gasteiger partial charge in [0.1, 0.15) is 11.3 Å². The van der Waals surface area contributed by atoms with Crippen LogP contribution in [0.25, 0.3) is 11.0 Å². The van der Waals surface area contributed by atoms with Gasteiger partial charge in [-0.2, -0.15) is 0 Å². The van der Waals surface area contributed by atoms with Crippen LogP contribution in [0.5, 0.6) is 5.75 Å². The minimum atomic E-state index is -1.06. The van der Waals surface area contributed by atoms with Gasteiger partial charge in [-0.3, -0.25) is 9.59 Å². The third-order valence-corrected chi connectivity index (χ3v) is 4.36. The number of esters is 1. The second-order valence-electron chi connectivity index (χ2n) is 6.59. The van der Waals surface area contributed by atoms with E-state index in [0.717, 1.165) is 22.9 Å². The summed E-state index contributed by atoms with van der Waals surface area (Å²) in [5.74, 6) is -0.875. The number of hydrogen-bond donors (Lipinski definition) is 1. The highest BCUT2D eigenvalue weighted by Crippen LogP contribution is 2.15. The summed E-state index contributed by atoms with van der Waals surface area (Å²) in [4.78, 5) is 36.8. The van der Waals surface area contributed by atoms with Gasteiger partial charge < -0.3 is 19.2 Å². The van der Waals surface area contributed by atoms with Crippen molar-refractivity contribution >= 4 is 22.8 Å². The van der Waals surface area contributed by atoms with Crippen molar-refractivity contribution < 1.29 is 23.5 Å². The van der Waals surface area contributed by atoms with Gasteiger partial charge in [0.05, 0.1) is 12.5 Å². The zero-order valence-corrected chi connectivity index (χ0v) is 16.4. The van der Waals surface area contributed by atoms with E-state index in [1.807, 2.05) is 19.1 Å². The predicted octanol–water partition coefficient (Wildman–Crippen LogP) is 2.97. The lowest BCUT2D eigenvalue weighted by atomic mass is 10.1. The van der Waals surface area contributed by atoms with Crippen molar-refractivity contribution in [2.24, 2.45) is 0 Å². The van der Waals surface area contributed by atoms with Crippen molar-refractivity contribution in [3.05, 3.63) is 75.6 Å². The quantitative estimate of drug-likeness (QED) is 0.645. The van der Waals surface area contributed by atoms with Gasteiger partial charge in [-0.1, -0.05) is 23.8 Å². The lowest BCUT2D eigenvalue weighted by Gasteiger charge is -2.13. The molecule has 0 unspecified atom stereocenters. The number of nitrogens with one attached hydrogen (secondary N) is 1. The molecule has 0 saturated carbocycles. The van der Waals surface area contributed by atoms with Crippen LogP contribution in [0.2, 0.25) is 0 Å². The maximum Gasteiger partial charge on any atom is 0.375 e. The van der Waals surface area contributed by atoms with E-state index in [2.05, 4.69) is 5.32 Å². The Balaban J connectivity index is 1.63. The van der Waals surface area contributed by atoms with Gasteiger partial charge in [-0.05, 0) is 43.7 Å². The van der Waals surface area contributed by atoms with Crippen molar-refractivity contribution in [3.63, 3.8) is 0 Å². The molecule has 29 heavy (non-hydrogen) atoms. The highest BCUT2D eigenvalue weighted by molar-refractivity contribution is 5.91. The molecule has 7 nitrogen and oxygen atoms in total. The highest BCUT2D eigenvalue weighted by Gasteiger charge is 2.21. The Labute approximate surface area is 167 Å². The summed E-state index contributed by atoms with van der Waals surface area (Å²) in [7, 11) is 1.57. The summed E-state index contributed by atoms with van der Waals surface area (Å²) >= 11 is 0. The van der Waals surface area contributed by atoms with Crippen LogP contribution in [-0.4, -0.2) is 25.1 Å². The molecule has 1 atom stereocenters. The SMILES string of the molecule is COc1ccc(CNC(=O)[C@@H](C)OC(=O)c2cc(=O)c3cc(C)ccc3o2)cc1. The fraction of sp³-hybridized carbons (Fsp3) is 0.227. The molecule has 7 heteroatoms. The normalized spacial score (nSPS) is 11.7. The average Bonchev–Trinajstić information content (AvgIpc) is 2.72. The maximum atomic E-state index is 12.3. The zero-order chi connectivity index (χ0) is 21.0. The third-order valence-electron chi connectivity index (χ3n) is 4.36. The predicted molar refractivity (Wildman–Crippen MR) is 107 cm³/mol. The highest BCUT2D eigenvalue weighted by atomic mass is 16.6. The topological polar surface area (TPSA) is 94.8 Å². The molecule has 0 spiro atoms. The average molecular weight is 395 g/mol. The number of fused-ring (bicyclic) bond motifs is 1. The summed E-state index contributed by atoms with van der Waals surface area (Å²) in [5, 5.41) is 3.07. The van der Waals surface area contributed by atoms with Crippen molar-refractivity contribution in [1.29, 1.82) is 0 Å². The molecular formula is C22H21NO6. The minimum absolute atomic E-state index is 0.249. The van der Waals surface area contributed by atoms with Crippen LogP contribution in [0.3, 0.4) is 0 Å². The van der Waals surface area contributed by atoms with E-state index in [-0.39, 0.29) is 23.3 Å². The molecule has 2 aromatic carbocycles. The summed E-state index contributed by atoms with van der Waals surface area (Å²) in [6.45, 7) is 3.58. The number of rotatable bonds is 6. The zero-order valence-electron chi connectivity index (χ0n) is 16.4. The molecule has 1 aromatic heterocycles. The lowest BCUT2D eigenvalue weighted by Crippen LogP contribution is -2.35. The van der Waals surface area contributed by atoms with E-state index in [4.69, 9.17) is 13.9 Å². The molecule has 0 aliphatic carbocycles. The fourth-order valence-corrected chi connectivity index (χ4v) is 2.72. The van der Waals surface area contributed by atoms with E-state index in [1.165, 1.54) is 6.92 Å². The van der Waals surface area contributed by atoms with Gasteiger partial charge in [-0.25, -0.2) is 4.79 Å². The van der Waals surface area contributed by atoms with Gasteiger partial charge in [0.25, 0.3) is 5.91 Å². The Morgan fingerprint density at radius 2 is 1.83 bits per heavy atom. The number of ether oxygens (including phenoxy) is 2. The largest absolute Gasteiger partial charge is 0.497 e. The Morgan fingerprint density at radius 3 is 2.52 bits per heavy atom. The molecule has 3 aromatic rings. The maximum absolute atomic E-state index is 12.3. The molecule has 0 fully saturated rings. The number of amides is 1. The Kier molecular flexibility index (Phi) is 5.97. The Morgan fingerprint density at radius 1 is 1.10 bits per heavy atom. The van der Waals surface area contributed by atoms with Gasteiger partial charge >= 0.3 is 5.97 Å². The Bertz CT molecular complexity index is 1100. The molecular weight excluding hydrogens is 374 g/mol. The van der Waals surface area contributed by atoms with Crippen molar-refractivity contribution in [2.75, 3.05) is 7.11 Å². The van der Waals surface area contributed by atoms with E-state index >= 15 is 0 Å². The first-order valence-electron chi connectivity index (χ1n) is 9.03. The number of benzene rings is 2. The monoisotopic (exact) mass is 395 g/mol. The molecule has 0 bridgehead atoms. The smallest absolute Gasteiger partial charge is 0.375 e. The van der Waals surface area contributed by atoms with Crippen molar-refractivity contribution in [2.45, 2.75) is 26.5 Å². The number of carbonyl (C=O) groups excluding carboxylic acids is 2. The molecule has 1 amide bonds. The minimum Gasteiger partial charge on any atom is -0.497 e. The third kappa shape index (κ3) is 4.82. The van der Waals surface area contributed by atoms with E-state index in [0.29, 0.717) is 5.39 Å². The first-order valence-corrected chi connectivity index (χ1v) is 9.03. The second kappa shape index (κ2) is 8.60. The second-order valence-corrected chi connectivity index (χ2v) is 6.59. The van der Waals surface area contributed by atoms with Crippen LogP contribution in [0, 0.1) is 6.92 Å². The summed E-state index contributed by atoms with van der Waals surface area (Å²) in [5.41, 5.74) is 1.71. The molecule has 150 valence electrons. The first-order chi connectivity index (χ1) is 13.9. The molecule has 1 heterocycles. The van der Waals surface area contributed by atoms with Crippen LogP contribution in [0.15, 0.2) is 57.7 Å². The lowest BCUT2D eigenvalue weighted by molar-refractivity contribution is -0.129. The van der Waals surface area contributed by atoms with Gasteiger partial charge in [0.2, 0.25) is 5.76 Å². The molecule has 1 N–H and O–H groups in total. The van der Waals surface area contributed by atoms with Gasteiger partial charge in [0.15, 0.2) is 11.5 Å². The van der Waals surface area contributed by atoms with Crippen LogP contribution in [-0.2, 0) is 16.1 Å². The summed E-state index contributed by atoms with van der Waals surface area (Å²) in [6.07, 6.45) is -1.06. The molecule has 0 radical (unpaired) electrons. The molecule has 0 aliphatic rings. The summed E-state index contributed by atoms with van der Waals surface area (Å²) < 4.78 is 15.7. The number of aryl methyl sites for hydroxylation is 1. The molecule has 0 saturated heterocycles. The van der Waals surface area contributed by atoms with Crippen LogP contribution >= 0.6 is 0 Å². The molecule has 0 aliphatic heterocycles. The number of hydrogen-bond acceptors (Lipinski definition) is 6. The van der Waals surface area contributed by atoms with Crippen LogP contribution in [0.1, 0.15) is 28.6 Å². The standard InChI is InChI=1S/C22H21NO6/c1-13-4-9-19-17(10-13)18(24)11-20(29-19)22(26)28-14(2)21(25)23-12-15-5-7-16(27-3)8-6-15/h4-11,14H,12H2,1-3H3,(H,23,25)/t14-/m1/s1. The van der Waals surface area contributed by atoms with Crippen molar-refractivity contribution in [1.82, 2.24) is 5.32 Å². The van der Waals surface area contributed by atoms with Gasteiger partial charge in [0, 0.05) is 12.6 Å². The van der Waals surface area contributed by atoms with Crippen LogP contribution < -0.4 is 15.5 Å². The number of methoxy groups -OCH3 is 1. The van der Waals surface area contributed by atoms with Crippen molar-refractivity contribution in [3.8, 4) is 5.75 Å². The van der Waals surface area contributed by atoms with Gasteiger partial charge in [-0.15, -0.1) is 0 Å². The van der Waals surface area contributed by atoms with E-state index < -0.39 is 18.0 Å². The Hall–Kier alpha value is -3.61.